The van der Waals surface area contributed by atoms with Gasteiger partial charge in [-0.15, -0.1) is 0 Å². The number of carboxylic acid groups (broad SMARTS) is 1. The third-order valence-electron chi connectivity index (χ3n) is 2.35. The van der Waals surface area contributed by atoms with Crippen molar-refractivity contribution in [3.8, 4) is 0 Å². The van der Waals surface area contributed by atoms with Gasteiger partial charge in [-0.2, -0.15) is 0 Å². The number of alkyl carbamates (subject to hydrolysis) is 1. The summed E-state index contributed by atoms with van der Waals surface area (Å²) in [7, 11) is 0. The number of nitrogens with one attached hydrogen (secondary N) is 1. The Morgan fingerprint density at radius 3 is 2.75 bits per heavy atom. The molecule has 0 aliphatic heterocycles. The first-order valence-electron chi connectivity index (χ1n) is 5.65. The van der Waals surface area contributed by atoms with Crippen molar-refractivity contribution in [3.05, 3.63) is 46.5 Å². The lowest BCUT2D eigenvalue weighted by Gasteiger charge is -2.15. The molecule has 1 aromatic rings. The fourth-order valence-electron chi connectivity index (χ4n) is 1.44. The molecule has 1 aromatic carbocycles. The molecule has 0 aliphatic carbocycles. The highest BCUT2D eigenvalue weighted by Crippen LogP contribution is 2.22. The van der Waals surface area contributed by atoms with E-state index >= 15 is 0 Å². The topological polar surface area (TPSA) is 75.6 Å². The second-order valence-electron chi connectivity index (χ2n) is 3.86. The van der Waals surface area contributed by atoms with Crippen LogP contribution in [0.4, 0.5) is 4.79 Å². The van der Waals surface area contributed by atoms with Crippen molar-refractivity contribution in [1.82, 2.24) is 5.32 Å². The van der Waals surface area contributed by atoms with Gasteiger partial charge in [-0.1, -0.05) is 35.9 Å². The van der Waals surface area contributed by atoms with Crippen LogP contribution in [0.5, 0.6) is 0 Å². The summed E-state index contributed by atoms with van der Waals surface area (Å²) in [5.41, 5.74) is 0.524. The van der Waals surface area contributed by atoms with Gasteiger partial charge in [-0.05, 0) is 23.8 Å². The fraction of sp³-hybridized carbons (Fsp3) is 0.231. The summed E-state index contributed by atoms with van der Waals surface area (Å²) in [5, 5.41) is 12.1. The zero-order chi connectivity index (χ0) is 15.1. The second-order valence-corrected chi connectivity index (χ2v) is 4.71. The molecule has 0 fully saturated rings. The van der Waals surface area contributed by atoms with Crippen LogP contribution in [-0.4, -0.2) is 29.8 Å². The molecule has 0 saturated carbocycles. The largest absolute Gasteiger partial charge is 0.480 e. The Morgan fingerprint density at radius 1 is 1.45 bits per heavy atom. The third-order valence-corrected chi connectivity index (χ3v) is 2.96. The second kappa shape index (κ2) is 7.77. The molecule has 0 heterocycles. The van der Waals surface area contributed by atoms with Gasteiger partial charge < -0.3 is 15.2 Å². The summed E-state index contributed by atoms with van der Waals surface area (Å²) in [5.74, 6) is -1.20. The van der Waals surface area contributed by atoms with Gasteiger partial charge in [0, 0.05) is 16.5 Å². The van der Waals surface area contributed by atoms with Crippen LogP contribution in [0.25, 0.3) is 0 Å². The van der Waals surface area contributed by atoms with Gasteiger partial charge in [0.15, 0.2) is 0 Å². The molecule has 5 nitrogen and oxygen atoms in total. The molecule has 0 spiro atoms. The van der Waals surface area contributed by atoms with E-state index in [2.05, 4.69) is 16.6 Å². The lowest BCUT2D eigenvalue weighted by Crippen LogP contribution is -2.42. The number of hydrogen-bond acceptors (Lipinski definition) is 3. The molecule has 0 bridgehead atoms. The summed E-state index contributed by atoms with van der Waals surface area (Å²) >= 11 is 11.8. The lowest BCUT2D eigenvalue weighted by molar-refractivity contribution is -0.139. The van der Waals surface area contributed by atoms with E-state index in [-0.39, 0.29) is 13.0 Å². The minimum Gasteiger partial charge on any atom is -0.480 e. The molecule has 2 N–H and O–H groups in total. The highest BCUT2D eigenvalue weighted by atomic mass is 35.5. The van der Waals surface area contributed by atoms with Crippen LogP contribution in [0.3, 0.4) is 0 Å². The molecule has 0 saturated heterocycles. The smallest absolute Gasteiger partial charge is 0.408 e. The van der Waals surface area contributed by atoms with Crippen molar-refractivity contribution >= 4 is 35.3 Å². The molecule has 1 amide bonds. The first-order chi connectivity index (χ1) is 9.43. The van der Waals surface area contributed by atoms with E-state index in [0.29, 0.717) is 15.6 Å². The van der Waals surface area contributed by atoms with Gasteiger partial charge in [0.1, 0.15) is 12.6 Å². The molecule has 0 unspecified atom stereocenters. The number of carboxylic acids is 1. The van der Waals surface area contributed by atoms with Crippen molar-refractivity contribution < 1.29 is 19.4 Å². The maximum atomic E-state index is 11.4. The Kier molecular flexibility index (Phi) is 6.35. The Morgan fingerprint density at radius 2 is 2.15 bits per heavy atom. The molecular weight excluding hydrogens is 305 g/mol. The molecule has 20 heavy (non-hydrogen) atoms. The van der Waals surface area contributed by atoms with Gasteiger partial charge in [0.05, 0.1) is 0 Å². The monoisotopic (exact) mass is 317 g/mol. The van der Waals surface area contributed by atoms with Crippen molar-refractivity contribution in [2.45, 2.75) is 12.5 Å². The highest BCUT2D eigenvalue weighted by Gasteiger charge is 2.22. The average Bonchev–Trinajstić information content (AvgIpc) is 2.39. The van der Waals surface area contributed by atoms with Crippen LogP contribution in [0.15, 0.2) is 30.9 Å². The number of carbonyl (C=O) groups is 2. The van der Waals surface area contributed by atoms with E-state index < -0.39 is 18.1 Å². The zero-order valence-corrected chi connectivity index (χ0v) is 11.9. The Hall–Kier alpha value is -1.72. The SMILES string of the molecule is C=CCOC(=O)N[C@H](Cc1cc(Cl)ccc1Cl)C(=O)O. The van der Waals surface area contributed by atoms with Crippen LogP contribution < -0.4 is 5.32 Å². The van der Waals surface area contributed by atoms with Crippen molar-refractivity contribution in [3.63, 3.8) is 0 Å². The van der Waals surface area contributed by atoms with E-state index in [1.54, 1.807) is 18.2 Å². The quantitative estimate of drug-likeness (QED) is 0.791. The predicted molar refractivity (Wildman–Crippen MR) is 76.3 cm³/mol. The van der Waals surface area contributed by atoms with Gasteiger partial charge in [0.25, 0.3) is 0 Å². The Bertz CT molecular complexity index is 519. The lowest BCUT2D eigenvalue weighted by atomic mass is 10.1. The Labute approximate surface area is 126 Å². The first-order valence-corrected chi connectivity index (χ1v) is 6.40. The molecule has 108 valence electrons. The van der Waals surface area contributed by atoms with Crippen LogP contribution >= 0.6 is 23.2 Å². The number of rotatable bonds is 6. The molecule has 7 heteroatoms. The first kappa shape index (κ1) is 16.3. The molecular formula is C13H13Cl2NO4. The van der Waals surface area contributed by atoms with Crippen molar-refractivity contribution in [2.75, 3.05) is 6.61 Å². The minimum absolute atomic E-state index is 0.00207. The normalized spacial score (nSPS) is 11.5. The molecule has 0 radical (unpaired) electrons. The molecule has 0 aliphatic rings. The number of benzene rings is 1. The molecule has 1 rings (SSSR count). The van der Waals surface area contributed by atoms with E-state index in [1.165, 1.54) is 6.08 Å². The number of aliphatic carboxylic acids is 1. The summed E-state index contributed by atoms with van der Waals surface area (Å²) < 4.78 is 4.67. The molecule has 1 atom stereocenters. The average molecular weight is 318 g/mol. The summed E-state index contributed by atoms with van der Waals surface area (Å²) in [6.07, 6.45) is 0.539. The maximum absolute atomic E-state index is 11.4. The fourth-order valence-corrected chi connectivity index (χ4v) is 1.83. The van der Waals surface area contributed by atoms with Gasteiger partial charge in [-0.3, -0.25) is 0 Å². The van der Waals surface area contributed by atoms with Crippen LogP contribution in [0, 0.1) is 0 Å². The van der Waals surface area contributed by atoms with Gasteiger partial charge in [-0.25, -0.2) is 9.59 Å². The van der Waals surface area contributed by atoms with Gasteiger partial charge >= 0.3 is 12.1 Å². The van der Waals surface area contributed by atoms with E-state index in [1.807, 2.05) is 0 Å². The van der Waals surface area contributed by atoms with Crippen molar-refractivity contribution in [2.24, 2.45) is 0 Å². The Balaban J connectivity index is 2.77. The van der Waals surface area contributed by atoms with Crippen LogP contribution in [0.2, 0.25) is 10.0 Å². The van der Waals surface area contributed by atoms with Crippen LogP contribution in [0.1, 0.15) is 5.56 Å². The minimum atomic E-state index is -1.20. The van der Waals surface area contributed by atoms with E-state index in [0.717, 1.165) is 0 Å². The predicted octanol–water partition coefficient (Wildman–Crippen LogP) is 2.90. The van der Waals surface area contributed by atoms with Crippen LogP contribution in [-0.2, 0) is 16.0 Å². The zero-order valence-electron chi connectivity index (χ0n) is 10.4. The van der Waals surface area contributed by atoms with Crippen molar-refractivity contribution in [1.29, 1.82) is 0 Å². The molecule has 0 aromatic heterocycles. The number of ether oxygens (including phenoxy) is 1. The summed E-state index contributed by atoms with van der Waals surface area (Å²) in [4.78, 5) is 22.5. The standard InChI is InChI=1S/C13H13Cl2NO4/c1-2-5-20-13(19)16-11(12(17)18)7-8-6-9(14)3-4-10(8)15/h2-4,6,11H,1,5,7H2,(H,16,19)(H,17,18)/t11-/m1/s1. The van der Waals surface area contributed by atoms with Gasteiger partial charge in [0.2, 0.25) is 0 Å². The number of hydrogen-bond donors (Lipinski definition) is 2. The van der Waals surface area contributed by atoms with E-state index in [4.69, 9.17) is 28.3 Å². The van der Waals surface area contributed by atoms with E-state index in [9.17, 15) is 9.59 Å². The summed E-state index contributed by atoms with van der Waals surface area (Å²) in [6, 6.07) is 3.54. The third kappa shape index (κ3) is 5.11. The maximum Gasteiger partial charge on any atom is 0.408 e. The number of halogens is 2. The number of amides is 1. The highest BCUT2D eigenvalue weighted by molar-refractivity contribution is 6.33. The summed E-state index contributed by atoms with van der Waals surface area (Å²) in [6.45, 7) is 3.38. The number of carbonyl (C=O) groups excluding carboxylic acids is 1.